The number of hydrogen-bond donors (Lipinski definition) is 1. The Morgan fingerprint density at radius 3 is 1.91 bits per heavy atom. The van der Waals surface area contributed by atoms with Crippen LogP contribution in [0.3, 0.4) is 0 Å². The summed E-state index contributed by atoms with van der Waals surface area (Å²) in [5.41, 5.74) is -0.279. The maximum Gasteiger partial charge on any atom is 0.408 e. The molecule has 0 radical (unpaired) electrons. The van der Waals surface area contributed by atoms with Gasteiger partial charge in [-0.25, -0.2) is 9.59 Å². The van der Waals surface area contributed by atoms with E-state index in [4.69, 9.17) is 33.2 Å². The molecule has 0 spiro atoms. The first-order valence-electron chi connectivity index (χ1n) is 14.6. The van der Waals surface area contributed by atoms with Crippen molar-refractivity contribution in [1.82, 2.24) is 10.2 Å². The molecular weight excluding hydrogens is 624 g/mol. The lowest BCUT2D eigenvalue weighted by atomic mass is 9.94. The van der Waals surface area contributed by atoms with E-state index in [2.05, 4.69) is 5.32 Å². The van der Waals surface area contributed by atoms with Gasteiger partial charge >= 0.3 is 30.0 Å². The molecular formula is C31H42N2O14. The fourth-order valence-corrected chi connectivity index (χ4v) is 4.57. The number of nitrogens with one attached hydrogen (secondary N) is 1. The maximum atomic E-state index is 13.2. The summed E-state index contributed by atoms with van der Waals surface area (Å²) in [6.45, 7) is 8.82. The molecule has 47 heavy (non-hydrogen) atoms. The molecule has 16 nitrogen and oxygen atoms in total. The van der Waals surface area contributed by atoms with E-state index in [1.54, 1.807) is 51.1 Å². The van der Waals surface area contributed by atoms with E-state index >= 15 is 0 Å². The van der Waals surface area contributed by atoms with Crippen LogP contribution in [0.25, 0.3) is 0 Å². The molecule has 0 aromatic heterocycles. The van der Waals surface area contributed by atoms with Crippen LogP contribution in [0.1, 0.15) is 61.0 Å². The minimum atomic E-state index is -1.69. The maximum absolute atomic E-state index is 13.2. The van der Waals surface area contributed by atoms with E-state index in [0.717, 1.165) is 34.6 Å². The van der Waals surface area contributed by atoms with E-state index in [9.17, 15) is 33.6 Å². The number of esters is 4. The number of alkyl carbamates (subject to hydrolysis) is 1. The van der Waals surface area contributed by atoms with Gasteiger partial charge in [-0.05, 0) is 26.3 Å². The number of amides is 3. The summed E-state index contributed by atoms with van der Waals surface area (Å²) >= 11 is 0. The number of hydrogen-bond acceptors (Lipinski definition) is 14. The average Bonchev–Trinajstić information content (AvgIpc) is 2.94. The van der Waals surface area contributed by atoms with Gasteiger partial charge in [0.05, 0.1) is 6.61 Å². The molecule has 1 aliphatic heterocycles. The highest BCUT2D eigenvalue weighted by Crippen LogP contribution is 2.31. The SMILES string of the molecule is CC(=O)OC[C@H]1O[C@@H](OC[C@H](NC(=O)OC(C)(C)C)C(=O)OCc2ccccc2)[C@H](N(C(C)=O)C(C)=O)[C@@H](OC(C)=O)[C@@H]1OC(C)=O. The van der Waals surface area contributed by atoms with E-state index in [-0.39, 0.29) is 6.61 Å². The number of carbonyl (C=O) groups is 7. The van der Waals surface area contributed by atoms with Crippen LogP contribution < -0.4 is 5.32 Å². The summed E-state index contributed by atoms with van der Waals surface area (Å²) in [5, 5.41) is 2.38. The van der Waals surface area contributed by atoms with Gasteiger partial charge in [0.15, 0.2) is 24.5 Å². The van der Waals surface area contributed by atoms with E-state index < -0.39 is 97.3 Å². The Balaban J connectivity index is 2.53. The molecule has 0 saturated carbocycles. The number of carbonyl (C=O) groups excluding carboxylic acids is 7. The van der Waals surface area contributed by atoms with E-state index in [0.29, 0.717) is 10.5 Å². The number of ether oxygens (including phenoxy) is 7. The van der Waals surface area contributed by atoms with Crippen LogP contribution in [0.15, 0.2) is 30.3 Å². The van der Waals surface area contributed by atoms with Crippen LogP contribution >= 0.6 is 0 Å². The first kappa shape index (κ1) is 38.6. The second kappa shape index (κ2) is 17.4. The minimum absolute atomic E-state index is 0.153. The van der Waals surface area contributed by atoms with Gasteiger partial charge in [-0.15, -0.1) is 0 Å². The molecule has 1 fully saturated rings. The van der Waals surface area contributed by atoms with Crippen molar-refractivity contribution in [2.75, 3.05) is 13.2 Å². The summed E-state index contributed by atoms with van der Waals surface area (Å²) in [6.07, 6.45) is -7.11. The van der Waals surface area contributed by atoms with Gasteiger partial charge < -0.3 is 38.5 Å². The average molecular weight is 667 g/mol. The highest BCUT2D eigenvalue weighted by Gasteiger charge is 2.55. The second-order valence-electron chi connectivity index (χ2n) is 11.5. The third-order valence-corrected chi connectivity index (χ3v) is 6.27. The lowest BCUT2D eigenvalue weighted by Gasteiger charge is -2.47. The normalized spacial score (nSPS) is 21.3. The van der Waals surface area contributed by atoms with Crippen LogP contribution in [0.2, 0.25) is 0 Å². The van der Waals surface area contributed by atoms with Crippen LogP contribution in [0, 0.1) is 0 Å². The molecule has 1 aromatic carbocycles. The monoisotopic (exact) mass is 666 g/mol. The third kappa shape index (κ3) is 12.6. The second-order valence-corrected chi connectivity index (χ2v) is 11.5. The predicted molar refractivity (Wildman–Crippen MR) is 159 cm³/mol. The summed E-state index contributed by atoms with van der Waals surface area (Å²) < 4.78 is 38.6. The van der Waals surface area contributed by atoms with Crippen LogP contribution in [0.5, 0.6) is 0 Å². The smallest absolute Gasteiger partial charge is 0.408 e. The Labute approximate surface area is 272 Å². The third-order valence-electron chi connectivity index (χ3n) is 6.27. The van der Waals surface area contributed by atoms with Crippen molar-refractivity contribution in [2.45, 2.75) is 104 Å². The lowest BCUT2D eigenvalue weighted by molar-refractivity contribution is -0.290. The van der Waals surface area contributed by atoms with Crippen molar-refractivity contribution < 1.29 is 66.7 Å². The fourth-order valence-electron chi connectivity index (χ4n) is 4.57. The molecule has 1 aromatic rings. The van der Waals surface area contributed by atoms with E-state index in [1.165, 1.54) is 0 Å². The van der Waals surface area contributed by atoms with Crippen molar-refractivity contribution in [3.05, 3.63) is 35.9 Å². The molecule has 0 aliphatic carbocycles. The van der Waals surface area contributed by atoms with Crippen LogP contribution in [0.4, 0.5) is 4.79 Å². The molecule has 3 amide bonds. The molecule has 0 bridgehead atoms. The molecule has 1 saturated heterocycles. The van der Waals surface area contributed by atoms with Gasteiger partial charge in [-0.1, -0.05) is 30.3 Å². The molecule has 1 N–H and O–H groups in total. The zero-order valence-corrected chi connectivity index (χ0v) is 27.6. The van der Waals surface area contributed by atoms with Crippen LogP contribution in [-0.4, -0.2) is 102 Å². The molecule has 2 rings (SSSR count). The van der Waals surface area contributed by atoms with Crippen molar-refractivity contribution in [3.8, 4) is 0 Å². The van der Waals surface area contributed by atoms with Crippen molar-refractivity contribution in [3.63, 3.8) is 0 Å². The number of imide groups is 1. The Morgan fingerprint density at radius 1 is 0.830 bits per heavy atom. The molecule has 260 valence electrons. The zero-order valence-electron chi connectivity index (χ0n) is 27.6. The van der Waals surface area contributed by atoms with Gasteiger partial charge in [0, 0.05) is 34.6 Å². The van der Waals surface area contributed by atoms with Gasteiger partial charge in [0.25, 0.3) is 0 Å². The Bertz CT molecular complexity index is 1280. The standard InChI is InChI=1S/C31H42N2O14/c1-17(34)33(18(2)35)25-27(45-21(5)38)26(44-20(4)37)24(16-41-19(3)36)46-29(25)43-15-23(32-30(40)47-31(6,7)8)28(39)42-14-22-12-10-9-11-13-22/h9-13,23-27,29H,14-16H2,1-8H3,(H,32,40)/t23-,24+,25+,26+,27+,29+/m0/s1. The van der Waals surface area contributed by atoms with Crippen molar-refractivity contribution in [1.29, 1.82) is 0 Å². The summed E-state index contributed by atoms with van der Waals surface area (Å²) in [7, 11) is 0. The number of rotatable bonds is 12. The first-order valence-corrected chi connectivity index (χ1v) is 14.6. The van der Waals surface area contributed by atoms with Crippen molar-refractivity contribution >= 4 is 41.8 Å². The van der Waals surface area contributed by atoms with Gasteiger partial charge in [-0.2, -0.15) is 0 Å². The summed E-state index contributed by atoms with van der Waals surface area (Å²) in [6, 6.07) is 5.59. The predicted octanol–water partition coefficient (Wildman–Crippen LogP) is 1.55. The summed E-state index contributed by atoms with van der Waals surface area (Å²) in [4.78, 5) is 88.2. The van der Waals surface area contributed by atoms with Gasteiger partial charge in [-0.3, -0.25) is 28.9 Å². The Hall–Kier alpha value is -4.57. The molecule has 0 unspecified atom stereocenters. The van der Waals surface area contributed by atoms with E-state index in [1.807, 2.05) is 0 Å². The molecule has 6 atom stereocenters. The Morgan fingerprint density at radius 2 is 1.40 bits per heavy atom. The summed E-state index contributed by atoms with van der Waals surface area (Å²) in [5.74, 6) is -5.03. The zero-order chi connectivity index (χ0) is 35.5. The Kier molecular flexibility index (Phi) is 14.3. The highest BCUT2D eigenvalue weighted by atomic mass is 16.7. The number of nitrogens with zero attached hydrogens (tertiary/aromatic N) is 1. The molecule has 1 heterocycles. The highest BCUT2D eigenvalue weighted by molar-refractivity contribution is 5.93. The largest absolute Gasteiger partial charge is 0.463 e. The van der Waals surface area contributed by atoms with Crippen molar-refractivity contribution in [2.24, 2.45) is 0 Å². The van der Waals surface area contributed by atoms with Gasteiger partial charge in [0.2, 0.25) is 11.8 Å². The van der Waals surface area contributed by atoms with Crippen LogP contribution in [-0.2, 0) is 68.5 Å². The van der Waals surface area contributed by atoms with Gasteiger partial charge in [0.1, 0.15) is 31.0 Å². The fraction of sp³-hybridized carbons (Fsp3) is 0.581. The molecule has 1 aliphatic rings. The molecule has 16 heteroatoms. The minimum Gasteiger partial charge on any atom is -0.463 e. The topological polar surface area (TPSA) is 199 Å². The number of benzene rings is 1. The first-order chi connectivity index (χ1) is 21.9. The quantitative estimate of drug-likeness (QED) is 0.249. The lowest BCUT2D eigenvalue weighted by Crippen LogP contribution is -2.68.